The van der Waals surface area contributed by atoms with E-state index in [2.05, 4.69) is 31.0 Å². The van der Waals surface area contributed by atoms with E-state index in [0.29, 0.717) is 17.4 Å². The zero-order chi connectivity index (χ0) is 17.1. The van der Waals surface area contributed by atoms with E-state index in [4.69, 9.17) is 9.47 Å². The summed E-state index contributed by atoms with van der Waals surface area (Å²) in [6, 6.07) is 16.9. The van der Waals surface area contributed by atoms with Crippen LogP contribution in [0.4, 0.5) is 0 Å². The van der Waals surface area contributed by atoms with Crippen LogP contribution in [0.1, 0.15) is 35.7 Å². The molecule has 1 heterocycles. The van der Waals surface area contributed by atoms with Crippen molar-refractivity contribution in [3.8, 4) is 11.6 Å². The minimum atomic E-state index is -0.359. The molecule has 2 aromatic carbocycles. The Labute approximate surface area is 141 Å². The predicted octanol–water partition coefficient (Wildman–Crippen LogP) is 4.94. The summed E-state index contributed by atoms with van der Waals surface area (Å²) in [6.07, 6.45) is 0. The highest BCUT2D eigenvalue weighted by atomic mass is 16.5. The Balaban J connectivity index is 1.84. The summed E-state index contributed by atoms with van der Waals surface area (Å²) < 4.78 is 10.5. The molecule has 122 valence electrons. The van der Waals surface area contributed by atoms with Crippen LogP contribution in [-0.2, 0) is 4.74 Å². The second-order valence-corrected chi connectivity index (χ2v) is 5.87. The molecule has 0 atom stereocenters. The van der Waals surface area contributed by atoms with Crippen LogP contribution in [-0.4, -0.2) is 18.1 Å². The molecule has 0 aliphatic carbocycles. The molecule has 3 rings (SSSR count). The van der Waals surface area contributed by atoms with Crippen molar-refractivity contribution in [3.63, 3.8) is 0 Å². The molecule has 0 amide bonds. The lowest BCUT2D eigenvalue weighted by Crippen LogP contribution is -2.00. The molecule has 0 saturated heterocycles. The molecule has 24 heavy (non-hydrogen) atoms. The van der Waals surface area contributed by atoms with E-state index in [-0.39, 0.29) is 5.97 Å². The van der Waals surface area contributed by atoms with Crippen molar-refractivity contribution >= 4 is 16.9 Å². The van der Waals surface area contributed by atoms with Gasteiger partial charge in [-0.25, -0.2) is 9.78 Å². The average Bonchev–Trinajstić information content (AvgIpc) is 2.61. The Morgan fingerprint density at radius 3 is 2.42 bits per heavy atom. The van der Waals surface area contributed by atoms with Crippen molar-refractivity contribution in [2.75, 3.05) is 7.11 Å². The number of esters is 1. The SMILES string of the molecule is COC(=O)c1ccc2nc(Oc3ccc(C(C)C)cc3)ccc2c1. The number of aromatic nitrogens is 1. The lowest BCUT2D eigenvalue weighted by molar-refractivity contribution is 0.0601. The van der Waals surface area contributed by atoms with Gasteiger partial charge in [-0.3, -0.25) is 0 Å². The van der Waals surface area contributed by atoms with E-state index < -0.39 is 0 Å². The van der Waals surface area contributed by atoms with E-state index in [1.807, 2.05) is 18.2 Å². The molecule has 0 aliphatic heterocycles. The molecular formula is C20H19NO3. The molecule has 0 aliphatic rings. The highest BCUT2D eigenvalue weighted by molar-refractivity contribution is 5.94. The van der Waals surface area contributed by atoms with Crippen molar-refractivity contribution < 1.29 is 14.3 Å². The summed E-state index contributed by atoms with van der Waals surface area (Å²) in [5, 5.41) is 0.861. The second-order valence-electron chi connectivity index (χ2n) is 5.87. The topological polar surface area (TPSA) is 48.4 Å². The summed E-state index contributed by atoms with van der Waals surface area (Å²) in [6.45, 7) is 4.31. The first-order chi connectivity index (χ1) is 11.6. The standard InChI is InChI=1S/C20H19NO3/c1-13(2)14-4-8-17(9-5-14)24-19-11-7-15-12-16(20(22)23-3)6-10-18(15)21-19/h4-13H,1-3H3. The van der Waals surface area contributed by atoms with Gasteiger partial charge in [-0.05, 0) is 47.9 Å². The zero-order valence-electron chi connectivity index (χ0n) is 13.9. The summed E-state index contributed by atoms with van der Waals surface area (Å²) >= 11 is 0. The maximum Gasteiger partial charge on any atom is 0.337 e. The molecule has 3 aromatic rings. The van der Waals surface area contributed by atoms with Gasteiger partial charge in [0.05, 0.1) is 18.2 Å². The van der Waals surface area contributed by atoms with Gasteiger partial charge >= 0.3 is 5.97 Å². The van der Waals surface area contributed by atoms with E-state index in [1.54, 1.807) is 24.3 Å². The molecule has 0 spiro atoms. The molecular weight excluding hydrogens is 302 g/mol. The Kier molecular flexibility index (Phi) is 4.47. The molecule has 1 aromatic heterocycles. The minimum Gasteiger partial charge on any atom is -0.465 e. The Morgan fingerprint density at radius 2 is 1.75 bits per heavy atom. The predicted molar refractivity (Wildman–Crippen MR) is 93.7 cm³/mol. The lowest BCUT2D eigenvalue weighted by atomic mass is 10.0. The summed E-state index contributed by atoms with van der Waals surface area (Å²) in [5.41, 5.74) is 2.54. The number of benzene rings is 2. The van der Waals surface area contributed by atoms with Gasteiger partial charge in [0.2, 0.25) is 5.88 Å². The van der Waals surface area contributed by atoms with Gasteiger partial charge in [0.15, 0.2) is 0 Å². The third-order valence-electron chi connectivity index (χ3n) is 3.85. The van der Waals surface area contributed by atoms with E-state index >= 15 is 0 Å². The first kappa shape index (κ1) is 16.0. The zero-order valence-corrected chi connectivity index (χ0v) is 13.9. The fourth-order valence-electron chi connectivity index (χ4n) is 2.45. The molecule has 0 bridgehead atoms. The highest BCUT2D eigenvalue weighted by Crippen LogP contribution is 2.25. The van der Waals surface area contributed by atoms with Gasteiger partial charge in [-0.15, -0.1) is 0 Å². The molecule has 0 unspecified atom stereocenters. The maximum absolute atomic E-state index is 11.6. The number of pyridine rings is 1. The van der Waals surface area contributed by atoms with Crippen molar-refractivity contribution in [1.29, 1.82) is 0 Å². The van der Waals surface area contributed by atoms with Crippen molar-refractivity contribution in [2.24, 2.45) is 0 Å². The van der Waals surface area contributed by atoms with Crippen LogP contribution in [0, 0.1) is 0 Å². The number of nitrogens with zero attached hydrogens (tertiary/aromatic N) is 1. The quantitative estimate of drug-likeness (QED) is 0.639. The van der Waals surface area contributed by atoms with Gasteiger partial charge < -0.3 is 9.47 Å². The number of hydrogen-bond acceptors (Lipinski definition) is 4. The average molecular weight is 321 g/mol. The molecule has 0 N–H and O–H groups in total. The van der Waals surface area contributed by atoms with Gasteiger partial charge in [0, 0.05) is 11.5 Å². The first-order valence-electron chi connectivity index (χ1n) is 7.84. The first-order valence-corrected chi connectivity index (χ1v) is 7.84. The molecule has 0 saturated carbocycles. The van der Waals surface area contributed by atoms with Crippen LogP contribution < -0.4 is 4.74 Å². The van der Waals surface area contributed by atoms with Crippen LogP contribution in [0.25, 0.3) is 10.9 Å². The Bertz CT molecular complexity index is 870. The third-order valence-corrected chi connectivity index (χ3v) is 3.85. The van der Waals surface area contributed by atoms with Gasteiger partial charge in [-0.1, -0.05) is 26.0 Å². The van der Waals surface area contributed by atoms with E-state index in [0.717, 1.165) is 16.7 Å². The van der Waals surface area contributed by atoms with Crippen LogP contribution in [0.3, 0.4) is 0 Å². The number of ether oxygens (including phenoxy) is 2. The number of carbonyl (C=O) groups is 1. The highest BCUT2D eigenvalue weighted by Gasteiger charge is 2.08. The van der Waals surface area contributed by atoms with Crippen molar-refractivity contribution in [2.45, 2.75) is 19.8 Å². The summed E-state index contributed by atoms with van der Waals surface area (Å²) in [4.78, 5) is 16.1. The second kappa shape index (κ2) is 6.71. The molecule has 4 nitrogen and oxygen atoms in total. The van der Waals surface area contributed by atoms with Crippen LogP contribution in [0.2, 0.25) is 0 Å². The number of hydrogen-bond donors (Lipinski definition) is 0. The van der Waals surface area contributed by atoms with Crippen molar-refractivity contribution in [1.82, 2.24) is 4.98 Å². The monoisotopic (exact) mass is 321 g/mol. The Hall–Kier alpha value is -2.88. The van der Waals surface area contributed by atoms with E-state index in [9.17, 15) is 4.79 Å². The van der Waals surface area contributed by atoms with Gasteiger partial charge in [0.25, 0.3) is 0 Å². The molecule has 0 radical (unpaired) electrons. The smallest absolute Gasteiger partial charge is 0.337 e. The van der Waals surface area contributed by atoms with Crippen LogP contribution >= 0.6 is 0 Å². The van der Waals surface area contributed by atoms with Crippen LogP contribution in [0.15, 0.2) is 54.6 Å². The number of methoxy groups -OCH3 is 1. The minimum absolute atomic E-state index is 0.359. The molecule has 0 fully saturated rings. The van der Waals surface area contributed by atoms with Gasteiger partial charge in [-0.2, -0.15) is 0 Å². The largest absolute Gasteiger partial charge is 0.465 e. The normalized spacial score (nSPS) is 10.8. The summed E-state index contributed by atoms with van der Waals surface area (Å²) in [7, 11) is 1.37. The molecule has 4 heteroatoms. The van der Waals surface area contributed by atoms with E-state index in [1.165, 1.54) is 12.7 Å². The van der Waals surface area contributed by atoms with Gasteiger partial charge in [0.1, 0.15) is 5.75 Å². The maximum atomic E-state index is 11.6. The number of carbonyl (C=O) groups excluding carboxylic acids is 1. The fraction of sp³-hybridized carbons (Fsp3) is 0.200. The number of rotatable bonds is 4. The van der Waals surface area contributed by atoms with Crippen LogP contribution in [0.5, 0.6) is 11.6 Å². The third kappa shape index (κ3) is 3.38. The van der Waals surface area contributed by atoms with Crippen molar-refractivity contribution in [3.05, 3.63) is 65.7 Å². The Morgan fingerprint density at radius 1 is 1.00 bits per heavy atom. The fourth-order valence-corrected chi connectivity index (χ4v) is 2.45. The lowest BCUT2D eigenvalue weighted by Gasteiger charge is -2.09. The number of fused-ring (bicyclic) bond motifs is 1. The summed E-state index contributed by atoms with van der Waals surface area (Å²) in [5.74, 6) is 1.40.